The van der Waals surface area contributed by atoms with Crippen LogP contribution in [0.25, 0.3) is 0 Å². The molecule has 0 radical (unpaired) electrons. The van der Waals surface area contributed by atoms with E-state index in [0.717, 1.165) is 21.5 Å². The highest BCUT2D eigenvalue weighted by Gasteiger charge is 2.32. The first-order valence-corrected chi connectivity index (χ1v) is 8.34. The second-order valence-electron chi connectivity index (χ2n) is 4.70. The molecule has 1 atom stereocenters. The number of ether oxygens (including phenoxy) is 1. The van der Waals surface area contributed by atoms with Crippen LogP contribution in [0.15, 0.2) is 27.2 Å². The molecule has 0 saturated carbocycles. The van der Waals surface area contributed by atoms with E-state index >= 15 is 0 Å². The maximum absolute atomic E-state index is 12.3. The van der Waals surface area contributed by atoms with E-state index in [1.807, 2.05) is 19.1 Å². The number of carbonyl (C=O) groups excluding carboxylic acids is 2. The van der Waals surface area contributed by atoms with Gasteiger partial charge in [0.1, 0.15) is 0 Å². The number of amides is 2. The molecule has 1 aliphatic heterocycles. The minimum absolute atomic E-state index is 0.313. The van der Waals surface area contributed by atoms with E-state index in [4.69, 9.17) is 4.74 Å². The van der Waals surface area contributed by atoms with Gasteiger partial charge in [-0.05, 0) is 41.4 Å². The molecule has 1 aliphatic rings. The lowest BCUT2D eigenvalue weighted by molar-refractivity contribution is -0.139. The van der Waals surface area contributed by atoms with Crippen molar-refractivity contribution < 1.29 is 14.3 Å². The summed E-state index contributed by atoms with van der Waals surface area (Å²) in [6, 6.07) is 3.00. The van der Waals surface area contributed by atoms with Gasteiger partial charge in [-0.15, -0.1) is 11.3 Å². The molecule has 2 amide bonds. The van der Waals surface area contributed by atoms with Gasteiger partial charge in [-0.1, -0.05) is 13.3 Å². The van der Waals surface area contributed by atoms with E-state index in [9.17, 15) is 9.59 Å². The third-order valence-electron chi connectivity index (χ3n) is 3.10. The predicted octanol–water partition coefficient (Wildman–Crippen LogP) is 3.48. The van der Waals surface area contributed by atoms with Crippen LogP contribution in [0.1, 0.15) is 37.6 Å². The van der Waals surface area contributed by atoms with Gasteiger partial charge in [0.2, 0.25) is 0 Å². The monoisotopic (exact) mass is 372 g/mol. The van der Waals surface area contributed by atoms with Gasteiger partial charge in [-0.25, -0.2) is 9.59 Å². The first-order valence-electron chi connectivity index (χ1n) is 6.73. The molecule has 2 rings (SSSR count). The molecule has 1 aromatic heterocycles. The van der Waals surface area contributed by atoms with E-state index in [0.29, 0.717) is 17.9 Å². The molecule has 21 heavy (non-hydrogen) atoms. The molecule has 0 spiro atoms. The summed E-state index contributed by atoms with van der Waals surface area (Å²) in [5.41, 5.74) is 0.995. The van der Waals surface area contributed by atoms with Gasteiger partial charge in [0.25, 0.3) is 0 Å². The second-order valence-corrected chi connectivity index (χ2v) is 7.20. The molecule has 1 aromatic rings. The van der Waals surface area contributed by atoms with Gasteiger partial charge in [0.15, 0.2) is 0 Å². The summed E-state index contributed by atoms with van der Waals surface area (Å²) in [4.78, 5) is 24.9. The Morgan fingerprint density at radius 2 is 2.24 bits per heavy atom. The van der Waals surface area contributed by atoms with Crippen LogP contribution in [0.2, 0.25) is 0 Å². The van der Waals surface area contributed by atoms with E-state index < -0.39 is 6.04 Å². The average Bonchev–Trinajstić information content (AvgIpc) is 2.84. The van der Waals surface area contributed by atoms with E-state index in [-0.39, 0.29) is 12.0 Å². The fraction of sp³-hybridized carbons (Fsp3) is 0.429. The zero-order valence-corrected chi connectivity index (χ0v) is 14.3. The minimum Gasteiger partial charge on any atom is -0.462 e. The fourth-order valence-electron chi connectivity index (χ4n) is 2.05. The third kappa shape index (κ3) is 3.85. The van der Waals surface area contributed by atoms with Crippen molar-refractivity contribution in [2.45, 2.75) is 32.7 Å². The Kier molecular flexibility index (Phi) is 5.41. The fourth-order valence-corrected chi connectivity index (χ4v) is 3.53. The number of urea groups is 1. The summed E-state index contributed by atoms with van der Waals surface area (Å²) in [7, 11) is 0. The largest absolute Gasteiger partial charge is 0.462 e. The highest BCUT2D eigenvalue weighted by Crippen LogP contribution is 2.34. The van der Waals surface area contributed by atoms with Gasteiger partial charge in [-0.3, -0.25) is 0 Å². The summed E-state index contributed by atoms with van der Waals surface area (Å²) < 4.78 is 6.24. The topological polar surface area (TPSA) is 67.4 Å². The van der Waals surface area contributed by atoms with Crippen molar-refractivity contribution in [1.29, 1.82) is 0 Å². The number of rotatable bonds is 5. The maximum Gasteiger partial charge on any atom is 0.338 e. The number of esters is 1. The summed E-state index contributed by atoms with van der Waals surface area (Å²) in [6.45, 7) is 4.14. The van der Waals surface area contributed by atoms with Gasteiger partial charge in [0, 0.05) is 10.6 Å². The van der Waals surface area contributed by atoms with Crippen molar-refractivity contribution in [1.82, 2.24) is 10.6 Å². The lowest BCUT2D eigenvalue weighted by Gasteiger charge is -2.27. The van der Waals surface area contributed by atoms with Crippen LogP contribution in [0.3, 0.4) is 0 Å². The van der Waals surface area contributed by atoms with Crippen molar-refractivity contribution in [3.63, 3.8) is 0 Å². The standard InChI is InChI=1S/C14H17BrN2O3S/c1-3-4-7-20-13(18)11-8(2)16-14(19)17-12(11)9-5-6-10(15)21-9/h5-6,12H,3-4,7H2,1-2H3,(H2,16,17,19)/t12-/m0/s1. The molecular formula is C14H17BrN2O3S. The Morgan fingerprint density at radius 3 is 2.86 bits per heavy atom. The molecule has 0 unspecified atom stereocenters. The van der Waals surface area contributed by atoms with Gasteiger partial charge >= 0.3 is 12.0 Å². The molecular weight excluding hydrogens is 356 g/mol. The van der Waals surface area contributed by atoms with Gasteiger partial charge < -0.3 is 15.4 Å². The number of allylic oxidation sites excluding steroid dienone is 1. The first-order chi connectivity index (χ1) is 10.0. The number of halogens is 1. The number of nitrogens with one attached hydrogen (secondary N) is 2. The molecule has 7 heteroatoms. The van der Waals surface area contributed by atoms with Crippen LogP contribution in [0, 0.1) is 0 Å². The number of hydrogen-bond donors (Lipinski definition) is 2. The van der Waals surface area contributed by atoms with Gasteiger partial charge in [0.05, 0.1) is 22.0 Å². The Labute approximate surface area is 135 Å². The molecule has 0 saturated heterocycles. The Hall–Kier alpha value is -1.34. The lowest BCUT2D eigenvalue weighted by atomic mass is 10.0. The molecule has 0 aliphatic carbocycles. The second kappa shape index (κ2) is 7.09. The number of carbonyl (C=O) groups is 2. The number of hydrogen-bond acceptors (Lipinski definition) is 4. The van der Waals surface area contributed by atoms with Crippen molar-refractivity contribution in [2.75, 3.05) is 6.61 Å². The molecule has 114 valence electrons. The van der Waals surface area contributed by atoms with Crippen molar-refractivity contribution in [3.8, 4) is 0 Å². The Morgan fingerprint density at radius 1 is 1.48 bits per heavy atom. The molecule has 0 bridgehead atoms. The molecule has 0 fully saturated rings. The Balaban J connectivity index is 2.26. The summed E-state index contributed by atoms with van der Waals surface area (Å²) in [5, 5.41) is 5.41. The van der Waals surface area contributed by atoms with Crippen LogP contribution < -0.4 is 10.6 Å². The minimum atomic E-state index is -0.468. The smallest absolute Gasteiger partial charge is 0.338 e. The normalized spacial score (nSPS) is 18.2. The van der Waals surface area contributed by atoms with E-state index in [1.165, 1.54) is 11.3 Å². The molecule has 2 heterocycles. The molecule has 5 nitrogen and oxygen atoms in total. The van der Waals surface area contributed by atoms with Crippen molar-refractivity contribution in [2.24, 2.45) is 0 Å². The van der Waals surface area contributed by atoms with E-state index in [1.54, 1.807) is 6.92 Å². The quantitative estimate of drug-likeness (QED) is 0.613. The third-order valence-corrected chi connectivity index (χ3v) is 4.79. The van der Waals surface area contributed by atoms with Crippen LogP contribution >= 0.6 is 27.3 Å². The lowest BCUT2D eigenvalue weighted by Crippen LogP contribution is -2.45. The van der Waals surface area contributed by atoms with Gasteiger partial charge in [-0.2, -0.15) is 0 Å². The summed E-state index contributed by atoms with van der Waals surface area (Å²) >= 11 is 4.88. The van der Waals surface area contributed by atoms with Crippen molar-refractivity contribution in [3.05, 3.63) is 32.1 Å². The SMILES string of the molecule is CCCCOC(=O)C1=C(C)NC(=O)N[C@H]1c1ccc(Br)s1. The molecule has 0 aromatic carbocycles. The van der Waals surface area contributed by atoms with E-state index in [2.05, 4.69) is 26.6 Å². The van der Waals surface area contributed by atoms with Crippen molar-refractivity contribution >= 4 is 39.3 Å². The zero-order chi connectivity index (χ0) is 15.4. The Bertz CT molecular complexity index is 583. The number of unbranched alkanes of at least 4 members (excludes halogenated alkanes) is 1. The number of thiophene rings is 1. The van der Waals surface area contributed by atoms with Crippen LogP contribution in [-0.2, 0) is 9.53 Å². The highest BCUT2D eigenvalue weighted by molar-refractivity contribution is 9.11. The van der Waals surface area contributed by atoms with Crippen LogP contribution in [0.5, 0.6) is 0 Å². The first kappa shape index (κ1) is 16.0. The predicted molar refractivity (Wildman–Crippen MR) is 85.0 cm³/mol. The van der Waals surface area contributed by atoms with Crippen LogP contribution in [0.4, 0.5) is 4.79 Å². The average molecular weight is 373 g/mol. The highest BCUT2D eigenvalue weighted by atomic mass is 79.9. The molecule has 2 N–H and O–H groups in total. The summed E-state index contributed by atoms with van der Waals surface area (Å²) in [6.07, 6.45) is 1.79. The zero-order valence-electron chi connectivity index (χ0n) is 11.9. The maximum atomic E-state index is 12.3. The summed E-state index contributed by atoms with van der Waals surface area (Å²) in [5.74, 6) is -0.386. The van der Waals surface area contributed by atoms with Crippen LogP contribution in [-0.4, -0.2) is 18.6 Å².